The van der Waals surface area contributed by atoms with Gasteiger partial charge in [-0.25, -0.2) is 4.98 Å². The zero-order valence-corrected chi connectivity index (χ0v) is 10.5. The largest absolute Gasteiger partial charge is 0.355 e. The molecular formula is C13H21N3O. The molecule has 1 aliphatic carbocycles. The predicted octanol–water partition coefficient (Wildman–Crippen LogP) is 1.68. The molecule has 1 aliphatic rings. The second-order valence-electron chi connectivity index (χ2n) is 4.68. The second-order valence-corrected chi connectivity index (χ2v) is 4.68. The molecule has 0 aliphatic heterocycles. The average Bonchev–Trinajstić information content (AvgIpc) is 2.73. The summed E-state index contributed by atoms with van der Waals surface area (Å²) in [5.74, 6) is 0.101. The van der Waals surface area contributed by atoms with Gasteiger partial charge >= 0.3 is 0 Å². The molecule has 1 aromatic rings. The second kappa shape index (κ2) is 5.84. The molecular weight excluding hydrogens is 214 g/mol. The summed E-state index contributed by atoms with van der Waals surface area (Å²) >= 11 is 0. The number of carbonyl (C=O) groups excluding carboxylic acids is 1. The summed E-state index contributed by atoms with van der Waals surface area (Å²) in [6.45, 7) is 3.33. The first kappa shape index (κ1) is 12.1. The van der Waals surface area contributed by atoms with E-state index in [2.05, 4.69) is 17.2 Å². The van der Waals surface area contributed by atoms with Crippen LogP contribution in [0.5, 0.6) is 0 Å². The van der Waals surface area contributed by atoms with Crippen molar-refractivity contribution in [1.29, 1.82) is 0 Å². The van der Waals surface area contributed by atoms with Crippen LogP contribution in [0.2, 0.25) is 0 Å². The Kier molecular flexibility index (Phi) is 4.18. The molecule has 1 N–H and O–H groups in total. The van der Waals surface area contributed by atoms with Crippen LogP contribution in [-0.4, -0.2) is 22.0 Å². The Morgan fingerprint density at radius 3 is 3.12 bits per heavy atom. The van der Waals surface area contributed by atoms with Gasteiger partial charge in [-0.2, -0.15) is 0 Å². The standard InChI is InChI=1S/C13H21N3O/c1-2-3-8-14-13(17)9-16-10-15-11-6-4-5-7-12(11)16/h10H,2-9H2,1H3,(H,14,17). The first-order chi connectivity index (χ1) is 8.31. The average molecular weight is 235 g/mol. The third-order valence-corrected chi connectivity index (χ3v) is 3.28. The molecule has 0 aromatic carbocycles. The van der Waals surface area contributed by atoms with Crippen molar-refractivity contribution in [3.8, 4) is 0 Å². The van der Waals surface area contributed by atoms with Crippen LogP contribution >= 0.6 is 0 Å². The maximum Gasteiger partial charge on any atom is 0.239 e. The normalized spacial score (nSPS) is 14.4. The number of amides is 1. The maximum atomic E-state index is 11.7. The van der Waals surface area contributed by atoms with E-state index in [1.54, 1.807) is 0 Å². The summed E-state index contributed by atoms with van der Waals surface area (Å²) in [4.78, 5) is 16.1. The molecule has 17 heavy (non-hydrogen) atoms. The molecule has 2 rings (SSSR count). The van der Waals surface area contributed by atoms with Crippen LogP contribution in [0, 0.1) is 0 Å². The summed E-state index contributed by atoms with van der Waals surface area (Å²) < 4.78 is 2.01. The third-order valence-electron chi connectivity index (χ3n) is 3.28. The molecule has 4 heteroatoms. The minimum Gasteiger partial charge on any atom is -0.355 e. The molecule has 0 spiro atoms. The summed E-state index contributed by atoms with van der Waals surface area (Å²) in [5.41, 5.74) is 2.46. The number of hydrogen-bond donors (Lipinski definition) is 1. The molecule has 1 heterocycles. The van der Waals surface area contributed by atoms with E-state index < -0.39 is 0 Å². The number of carbonyl (C=O) groups is 1. The third kappa shape index (κ3) is 3.08. The van der Waals surface area contributed by atoms with Gasteiger partial charge in [-0.1, -0.05) is 13.3 Å². The highest BCUT2D eigenvalue weighted by Gasteiger charge is 2.16. The van der Waals surface area contributed by atoms with Gasteiger partial charge in [0, 0.05) is 12.2 Å². The highest BCUT2D eigenvalue weighted by Crippen LogP contribution is 2.19. The van der Waals surface area contributed by atoms with E-state index in [0.29, 0.717) is 6.54 Å². The molecule has 0 fully saturated rings. The quantitative estimate of drug-likeness (QED) is 0.789. The van der Waals surface area contributed by atoms with Gasteiger partial charge in [0.05, 0.1) is 12.0 Å². The lowest BCUT2D eigenvalue weighted by Crippen LogP contribution is -2.29. The van der Waals surface area contributed by atoms with Crippen molar-refractivity contribution in [1.82, 2.24) is 14.9 Å². The summed E-state index contributed by atoms with van der Waals surface area (Å²) in [5, 5.41) is 2.94. The van der Waals surface area contributed by atoms with E-state index in [0.717, 1.165) is 32.2 Å². The zero-order chi connectivity index (χ0) is 12.1. The van der Waals surface area contributed by atoms with Gasteiger partial charge in [-0.05, 0) is 32.1 Å². The first-order valence-electron chi connectivity index (χ1n) is 6.61. The Morgan fingerprint density at radius 2 is 2.29 bits per heavy atom. The van der Waals surface area contributed by atoms with Crippen LogP contribution in [0.4, 0.5) is 0 Å². The molecule has 0 saturated heterocycles. The number of aromatic nitrogens is 2. The highest BCUT2D eigenvalue weighted by atomic mass is 16.1. The van der Waals surface area contributed by atoms with Crippen LogP contribution < -0.4 is 5.32 Å². The van der Waals surface area contributed by atoms with E-state index in [-0.39, 0.29) is 5.91 Å². The first-order valence-corrected chi connectivity index (χ1v) is 6.61. The number of nitrogens with one attached hydrogen (secondary N) is 1. The topological polar surface area (TPSA) is 46.9 Å². The Hall–Kier alpha value is -1.32. The molecule has 4 nitrogen and oxygen atoms in total. The lowest BCUT2D eigenvalue weighted by Gasteiger charge is -2.13. The molecule has 0 saturated carbocycles. The van der Waals surface area contributed by atoms with Gasteiger partial charge in [0.2, 0.25) is 5.91 Å². The Balaban J connectivity index is 1.90. The van der Waals surface area contributed by atoms with Crippen LogP contribution in [0.25, 0.3) is 0 Å². The van der Waals surface area contributed by atoms with Crippen molar-refractivity contribution in [2.24, 2.45) is 0 Å². The number of imidazole rings is 1. The molecule has 0 radical (unpaired) electrons. The lowest BCUT2D eigenvalue weighted by molar-refractivity contribution is -0.121. The Morgan fingerprint density at radius 1 is 1.47 bits per heavy atom. The number of rotatable bonds is 5. The van der Waals surface area contributed by atoms with Crippen LogP contribution in [0.1, 0.15) is 44.0 Å². The van der Waals surface area contributed by atoms with Crippen LogP contribution in [0.3, 0.4) is 0 Å². The van der Waals surface area contributed by atoms with Crippen molar-refractivity contribution in [3.05, 3.63) is 17.7 Å². The molecule has 1 aromatic heterocycles. The summed E-state index contributed by atoms with van der Waals surface area (Å²) in [6, 6.07) is 0. The van der Waals surface area contributed by atoms with E-state index in [1.165, 1.54) is 24.2 Å². The lowest BCUT2D eigenvalue weighted by atomic mass is 10.0. The number of aryl methyl sites for hydroxylation is 1. The van der Waals surface area contributed by atoms with Gasteiger partial charge in [0.1, 0.15) is 6.54 Å². The zero-order valence-electron chi connectivity index (χ0n) is 10.5. The van der Waals surface area contributed by atoms with E-state index in [9.17, 15) is 4.79 Å². The van der Waals surface area contributed by atoms with Gasteiger partial charge in [-0.15, -0.1) is 0 Å². The van der Waals surface area contributed by atoms with E-state index >= 15 is 0 Å². The number of unbranched alkanes of at least 4 members (excludes halogenated alkanes) is 1. The summed E-state index contributed by atoms with van der Waals surface area (Å²) in [6.07, 6.45) is 8.56. The molecule has 0 bridgehead atoms. The maximum absolute atomic E-state index is 11.7. The highest BCUT2D eigenvalue weighted by molar-refractivity contribution is 5.75. The fraction of sp³-hybridized carbons (Fsp3) is 0.692. The molecule has 94 valence electrons. The van der Waals surface area contributed by atoms with Crippen molar-refractivity contribution in [2.45, 2.75) is 52.0 Å². The van der Waals surface area contributed by atoms with Gasteiger partial charge in [-0.3, -0.25) is 4.79 Å². The van der Waals surface area contributed by atoms with Crippen LogP contribution in [-0.2, 0) is 24.2 Å². The van der Waals surface area contributed by atoms with Crippen molar-refractivity contribution in [3.63, 3.8) is 0 Å². The molecule has 1 amide bonds. The van der Waals surface area contributed by atoms with Gasteiger partial charge in [0.15, 0.2) is 0 Å². The minimum atomic E-state index is 0.101. The smallest absolute Gasteiger partial charge is 0.239 e. The Bertz CT molecular complexity index is 384. The van der Waals surface area contributed by atoms with Gasteiger partial charge in [0.25, 0.3) is 0 Å². The fourth-order valence-corrected chi connectivity index (χ4v) is 2.28. The van der Waals surface area contributed by atoms with E-state index in [4.69, 9.17) is 0 Å². The van der Waals surface area contributed by atoms with Crippen molar-refractivity contribution < 1.29 is 4.79 Å². The number of fused-ring (bicyclic) bond motifs is 1. The van der Waals surface area contributed by atoms with Crippen molar-refractivity contribution >= 4 is 5.91 Å². The number of hydrogen-bond acceptors (Lipinski definition) is 2. The Labute approximate surface area is 102 Å². The fourth-order valence-electron chi connectivity index (χ4n) is 2.28. The van der Waals surface area contributed by atoms with E-state index in [1.807, 2.05) is 10.9 Å². The molecule has 0 unspecified atom stereocenters. The summed E-state index contributed by atoms with van der Waals surface area (Å²) in [7, 11) is 0. The van der Waals surface area contributed by atoms with Crippen molar-refractivity contribution in [2.75, 3.05) is 6.54 Å². The van der Waals surface area contributed by atoms with Crippen LogP contribution in [0.15, 0.2) is 6.33 Å². The number of nitrogens with zero attached hydrogens (tertiary/aromatic N) is 2. The minimum absolute atomic E-state index is 0.101. The van der Waals surface area contributed by atoms with Gasteiger partial charge < -0.3 is 9.88 Å². The SMILES string of the molecule is CCCCNC(=O)Cn1cnc2c1CCCC2. The predicted molar refractivity (Wildman–Crippen MR) is 66.8 cm³/mol. The molecule has 0 atom stereocenters. The monoisotopic (exact) mass is 235 g/mol.